The summed E-state index contributed by atoms with van der Waals surface area (Å²) in [6, 6.07) is 0. The van der Waals surface area contributed by atoms with Crippen LogP contribution in [0.4, 0.5) is 0 Å². The van der Waals surface area contributed by atoms with Gasteiger partial charge in [0.25, 0.3) is 0 Å². The van der Waals surface area contributed by atoms with Crippen LogP contribution in [0.2, 0.25) is 0 Å². The number of carbonyl (C=O) groups is 3. The lowest BCUT2D eigenvalue weighted by atomic mass is 10.0. The van der Waals surface area contributed by atoms with Crippen LogP contribution in [0.15, 0.2) is 60.8 Å². The smallest absolute Gasteiger partial charge is 0.306 e. The minimum atomic E-state index is -0.777. The molecule has 0 bridgehead atoms. The molecule has 0 fully saturated rings. The zero-order chi connectivity index (χ0) is 56.4. The van der Waals surface area contributed by atoms with Crippen LogP contribution in [0.3, 0.4) is 0 Å². The Balaban J connectivity index is 4.30. The molecule has 0 aliphatic carbocycles. The average Bonchev–Trinajstić information content (AvgIpc) is 3.44. The average molecular weight is 1090 g/mol. The minimum absolute atomic E-state index is 0.0736. The summed E-state index contributed by atoms with van der Waals surface area (Å²) in [6.45, 7) is 6.58. The second-order valence-electron chi connectivity index (χ2n) is 23.1. The molecule has 0 heterocycles. The number of rotatable bonds is 63. The summed E-state index contributed by atoms with van der Waals surface area (Å²) in [4.78, 5) is 38.4. The van der Waals surface area contributed by atoms with Crippen LogP contribution in [0, 0.1) is 0 Å². The summed E-state index contributed by atoms with van der Waals surface area (Å²) >= 11 is 0. The van der Waals surface area contributed by atoms with E-state index in [-0.39, 0.29) is 31.1 Å². The van der Waals surface area contributed by atoms with E-state index < -0.39 is 6.10 Å². The fraction of sp³-hybridized carbons (Fsp3) is 0.819. The Morgan fingerprint density at radius 3 is 0.795 bits per heavy atom. The van der Waals surface area contributed by atoms with Gasteiger partial charge in [-0.05, 0) is 83.5 Å². The van der Waals surface area contributed by atoms with Crippen LogP contribution < -0.4 is 0 Å². The first-order valence-electron chi connectivity index (χ1n) is 34.3. The fourth-order valence-electron chi connectivity index (χ4n) is 10.1. The molecule has 6 nitrogen and oxygen atoms in total. The van der Waals surface area contributed by atoms with Gasteiger partial charge in [-0.2, -0.15) is 0 Å². The number of hydrogen-bond acceptors (Lipinski definition) is 6. The monoisotopic (exact) mass is 1090 g/mol. The zero-order valence-electron chi connectivity index (χ0n) is 52.2. The SMILES string of the molecule is CC/C=C\C/C=C\C/C=C\C/C=C\CCCCCCCCCCCCCCC(=O)OCC(COC(=O)CCCCCCC/C=C\CCCCCCCC)OC(=O)CCCCCCCCCCCCCCCCCCCCCC. The van der Waals surface area contributed by atoms with E-state index in [9.17, 15) is 14.4 Å². The first kappa shape index (κ1) is 75.1. The maximum atomic E-state index is 12.9. The third-order valence-corrected chi connectivity index (χ3v) is 15.3. The van der Waals surface area contributed by atoms with Crippen molar-refractivity contribution in [3.63, 3.8) is 0 Å². The molecule has 0 saturated heterocycles. The van der Waals surface area contributed by atoms with E-state index >= 15 is 0 Å². The molecule has 0 rings (SSSR count). The molecule has 0 N–H and O–H groups in total. The van der Waals surface area contributed by atoms with Crippen LogP contribution in [-0.2, 0) is 28.6 Å². The molecular weight excluding hydrogens is 961 g/mol. The largest absolute Gasteiger partial charge is 0.462 e. The fourth-order valence-corrected chi connectivity index (χ4v) is 10.1. The lowest BCUT2D eigenvalue weighted by Crippen LogP contribution is -2.30. The van der Waals surface area contributed by atoms with E-state index in [1.54, 1.807) is 0 Å². The van der Waals surface area contributed by atoms with Gasteiger partial charge in [0.05, 0.1) is 0 Å². The van der Waals surface area contributed by atoms with Gasteiger partial charge in [-0.25, -0.2) is 0 Å². The number of hydrogen-bond donors (Lipinski definition) is 0. The normalized spacial score (nSPS) is 12.4. The molecule has 0 aromatic rings. The molecule has 0 radical (unpaired) electrons. The van der Waals surface area contributed by atoms with Crippen molar-refractivity contribution in [1.29, 1.82) is 0 Å². The maximum Gasteiger partial charge on any atom is 0.306 e. The molecule has 0 aliphatic heterocycles. The summed E-state index contributed by atoms with van der Waals surface area (Å²) in [5.74, 6) is -0.860. The van der Waals surface area contributed by atoms with Crippen LogP contribution in [0.25, 0.3) is 0 Å². The third kappa shape index (κ3) is 63.9. The Kier molecular flexibility index (Phi) is 64.2. The number of esters is 3. The molecule has 1 atom stereocenters. The van der Waals surface area contributed by atoms with Crippen molar-refractivity contribution in [2.75, 3.05) is 13.2 Å². The molecule has 0 aromatic carbocycles. The molecule has 0 amide bonds. The molecule has 6 heteroatoms. The number of carbonyl (C=O) groups excluding carboxylic acids is 3. The highest BCUT2D eigenvalue weighted by Crippen LogP contribution is 2.18. The van der Waals surface area contributed by atoms with Gasteiger partial charge in [0, 0.05) is 19.3 Å². The first-order valence-corrected chi connectivity index (χ1v) is 34.3. The summed E-state index contributed by atoms with van der Waals surface area (Å²) < 4.78 is 17.0. The highest BCUT2D eigenvalue weighted by Gasteiger charge is 2.19. The topological polar surface area (TPSA) is 78.9 Å². The van der Waals surface area contributed by atoms with Crippen LogP contribution in [0.5, 0.6) is 0 Å². The highest BCUT2D eigenvalue weighted by molar-refractivity contribution is 5.71. The molecule has 78 heavy (non-hydrogen) atoms. The van der Waals surface area contributed by atoms with Crippen molar-refractivity contribution in [3.05, 3.63) is 60.8 Å². The van der Waals surface area contributed by atoms with E-state index in [0.717, 1.165) is 89.9 Å². The van der Waals surface area contributed by atoms with Gasteiger partial charge < -0.3 is 14.2 Å². The van der Waals surface area contributed by atoms with E-state index in [0.29, 0.717) is 19.3 Å². The third-order valence-electron chi connectivity index (χ3n) is 15.3. The first-order chi connectivity index (χ1) is 38.5. The summed E-state index contributed by atoms with van der Waals surface area (Å²) in [5, 5.41) is 0. The number of ether oxygens (including phenoxy) is 3. The highest BCUT2D eigenvalue weighted by atomic mass is 16.6. The van der Waals surface area contributed by atoms with Gasteiger partial charge in [-0.15, -0.1) is 0 Å². The standard InChI is InChI=1S/C72H130O6/c1-4-7-10-13-16-19-22-25-28-30-32-34-35-36-37-38-40-41-44-47-50-53-56-59-62-65-71(74)77-68-69(67-76-70(73)64-61-58-55-52-49-46-43-27-24-21-18-15-12-9-6-3)78-72(75)66-63-60-57-54-51-48-45-42-39-33-31-29-26-23-20-17-14-11-8-5-2/h7,10,16,19,25,27-28,32,34,43,69H,4-6,8-9,11-15,17-18,20-24,26,29-31,33,35-42,44-68H2,1-3H3/b10-7-,19-16-,28-25-,34-32-,43-27-. The van der Waals surface area contributed by atoms with E-state index in [2.05, 4.69) is 81.5 Å². The summed E-state index contributed by atoms with van der Waals surface area (Å²) in [7, 11) is 0. The van der Waals surface area contributed by atoms with Crippen molar-refractivity contribution in [2.24, 2.45) is 0 Å². The Morgan fingerprint density at radius 2 is 0.500 bits per heavy atom. The van der Waals surface area contributed by atoms with Crippen molar-refractivity contribution in [2.45, 2.75) is 367 Å². The van der Waals surface area contributed by atoms with Gasteiger partial charge in [-0.1, -0.05) is 319 Å². The molecule has 454 valence electrons. The minimum Gasteiger partial charge on any atom is -0.462 e. The predicted molar refractivity (Wildman–Crippen MR) is 339 cm³/mol. The van der Waals surface area contributed by atoms with E-state index in [1.165, 1.54) is 231 Å². The summed E-state index contributed by atoms with van der Waals surface area (Å²) in [6.07, 6.45) is 85.2. The van der Waals surface area contributed by atoms with Crippen molar-refractivity contribution in [1.82, 2.24) is 0 Å². The molecule has 0 saturated carbocycles. The van der Waals surface area contributed by atoms with Gasteiger partial charge in [0.2, 0.25) is 0 Å². The maximum absolute atomic E-state index is 12.9. The zero-order valence-corrected chi connectivity index (χ0v) is 52.2. The molecule has 0 aliphatic rings. The lowest BCUT2D eigenvalue weighted by Gasteiger charge is -2.18. The van der Waals surface area contributed by atoms with Crippen LogP contribution in [-0.4, -0.2) is 37.2 Å². The second-order valence-corrected chi connectivity index (χ2v) is 23.1. The second kappa shape index (κ2) is 66.6. The van der Waals surface area contributed by atoms with Gasteiger partial charge >= 0.3 is 17.9 Å². The quantitative estimate of drug-likeness (QED) is 0.0261. The van der Waals surface area contributed by atoms with Crippen LogP contribution >= 0.6 is 0 Å². The number of allylic oxidation sites excluding steroid dienone is 10. The van der Waals surface area contributed by atoms with Crippen molar-refractivity contribution in [3.8, 4) is 0 Å². The van der Waals surface area contributed by atoms with Gasteiger partial charge in [-0.3, -0.25) is 14.4 Å². The Morgan fingerprint density at radius 1 is 0.269 bits per heavy atom. The lowest BCUT2D eigenvalue weighted by molar-refractivity contribution is -0.167. The molecule has 0 spiro atoms. The van der Waals surface area contributed by atoms with Crippen molar-refractivity contribution < 1.29 is 28.6 Å². The number of unbranched alkanes of at least 4 members (excludes halogenated alkanes) is 42. The van der Waals surface area contributed by atoms with Gasteiger partial charge in [0.1, 0.15) is 13.2 Å². The van der Waals surface area contributed by atoms with E-state index in [4.69, 9.17) is 14.2 Å². The van der Waals surface area contributed by atoms with E-state index in [1.807, 2.05) is 0 Å². The molecule has 1 unspecified atom stereocenters. The van der Waals surface area contributed by atoms with Crippen LogP contribution in [0.1, 0.15) is 361 Å². The molecular formula is C72H130O6. The Bertz CT molecular complexity index is 1390. The van der Waals surface area contributed by atoms with Gasteiger partial charge in [0.15, 0.2) is 6.10 Å². The predicted octanol–water partition coefficient (Wildman–Crippen LogP) is 23.5. The molecule has 0 aromatic heterocycles. The van der Waals surface area contributed by atoms with Crippen molar-refractivity contribution >= 4 is 17.9 Å². The Hall–Kier alpha value is -2.89. The Labute approximate surface area is 485 Å². The summed E-state index contributed by atoms with van der Waals surface area (Å²) in [5.41, 5.74) is 0.